The molecule has 4 aromatic rings. The summed E-state index contributed by atoms with van der Waals surface area (Å²) < 4.78 is 0.766. The van der Waals surface area contributed by atoms with Crippen LogP contribution >= 0.6 is 22.6 Å². The average Bonchev–Trinajstić information content (AvgIpc) is 3.37. The Kier molecular flexibility index (Phi) is 6.91. The van der Waals surface area contributed by atoms with Gasteiger partial charge in [-0.05, 0) is 83.2 Å². The number of benzene rings is 3. The number of halogens is 1. The molecule has 1 unspecified atom stereocenters. The molecule has 0 saturated carbocycles. The van der Waals surface area contributed by atoms with Gasteiger partial charge < -0.3 is 15.0 Å². The van der Waals surface area contributed by atoms with Crippen molar-refractivity contribution in [1.82, 2.24) is 9.88 Å². The predicted octanol–water partition coefficient (Wildman–Crippen LogP) is 5.74. The fraction of sp³-hybridized carbons (Fsp3) is 0.207. The van der Waals surface area contributed by atoms with E-state index in [0.717, 1.165) is 46.1 Å². The van der Waals surface area contributed by atoms with Crippen LogP contribution in [0.2, 0.25) is 0 Å². The van der Waals surface area contributed by atoms with Gasteiger partial charge in [-0.15, -0.1) is 0 Å². The number of carbonyl (C=O) groups excluding carboxylic acids is 1. The Balaban J connectivity index is 1.32. The molecule has 5 rings (SSSR count). The molecule has 6 nitrogen and oxygen atoms in total. The predicted molar refractivity (Wildman–Crippen MR) is 149 cm³/mol. The van der Waals surface area contributed by atoms with Gasteiger partial charge in [-0.2, -0.15) is 0 Å². The van der Waals surface area contributed by atoms with Gasteiger partial charge in [0, 0.05) is 27.9 Å². The number of aryl methyl sites for hydroxylation is 1. The molecule has 0 radical (unpaired) electrons. The number of carboxylic acids is 1. The van der Waals surface area contributed by atoms with Gasteiger partial charge in [-0.25, -0.2) is 4.79 Å². The Bertz CT molecular complexity index is 1500. The number of carbonyl (C=O) groups is 2. The fourth-order valence-electron chi connectivity index (χ4n) is 4.99. The van der Waals surface area contributed by atoms with E-state index in [1.54, 1.807) is 0 Å². The smallest absolute Gasteiger partial charge is 0.341 e. The summed E-state index contributed by atoms with van der Waals surface area (Å²) >= 11 is 2.13. The fourth-order valence-corrected chi connectivity index (χ4v) is 5.98. The third kappa shape index (κ3) is 4.67. The van der Waals surface area contributed by atoms with Crippen LogP contribution in [-0.2, 0) is 6.42 Å². The van der Waals surface area contributed by atoms with Crippen LogP contribution < -0.4 is 5.43 Å². The Morgan fingerprint density at radius 1 is 1.00 bits per heavy atom. The summed E-state index contributed by atoms with van der Waals surface area (Å²) in [6, 6.07) is 21.8. The van der Waals surface area contributed by atoms with Crippen LogP contribution in [0.25, 0.3) is 22.0 Å². The zero-order valence-corrected chi connectivity index (χ0v) is 21.7. The number of pyridine rings is 1. The molecule has 0 bridgehead atoms. The number of hydrogen-bond donors (Lipinski definition) is 2. The first-order chi connectivity index (χ1) is 17.4. The van der Waals surface area contributed by atoms with Crippen molar-refractivity contribution in [1.29, 1.82) is 0 Å². The molecule has 0 aliphatic carbocycles. The molecule has 1 atom stereocenters. The molecule has 182 valence electrons. The number of aromatic carboxylic acids is 1. The highest BCUT2D eigenvalue weighted by atomic mass is 127. The zero-order valence-electron chi connectivity index (χ0n) is 19.5. The third-order valence-corrected chi connectivity index (χ3v) is 8.15. The lowest BCUT2D eigenvalue weighted by atomic mass is 10.0. The SMILES string of the molecule is O=C(O)c1c[nH]c2ccc(CCC3CCCN3C(=O)c3ccc(-c4ccccc4)cc3)c(I)c2c1=O. The van der Waals surface area contributed by atoms with Crippen LogP contribution in [0.4, 0.5) is 0 Å². The normalized spacial score (nSPS) is 15.4. The highest BCUT2D eigenvalue weighted by Gasteiger charge is 2.29. The summed E-state index contributed by atoms with van der Waals surface area (Å²) in [6.45, 7) is 0.736. The molecule has 1 saturated heterocycles. The molecular formula is C29H25IN2O4. The lowest BCUT2D eigenvalue weighted by Crippen LogP contribution is -2.35. The second kappa shape index (κ2) is 10.3. The first-order valence-electron chi connectivity index (χ1n) is 12.0. The Hall–Kier alpha value is -3.46. The maximum atomic E-state index is 13.3. The molecule has 3 aromatic carbocycles. The van der Waals surface area contributed by atoms with Crippen molar-refractivity contribution in [2.24, 2.45) is 0 Å². The van der Waals surface area contributed by atoms with Crippen LogP contribution in [0.3, 0.4) is 0 Å². The van der Waals surface area contributed by atoms with Gasteiger partial charge in [0.05, 0.1) is 10.9 Å². The highest BCUT2D eigenvalue weighted by molar-refractivity contribution is 14.1. The van der Waals surface area contributed by atoms with Gasteiger partial charge in [-0.3, -0.25) is 9.59 Å². The summed E-state index contributed by atoms with van der Waals surface area (Å²) in [4.78, 5) is 42.4. The van der Waals surface area contributed by atoms with Crippen LogP contribution in [0, 0.1) is 3.57 Å². The monoisotopic (exact) mass is 592 g/mol. The van der Waals surface area contributed by atoms with E-state index in [2.05, 4.69) is 39.7 Å². The van der Waals surface area contributed by atoms with E-state index in [-0.39, 0.29) is 17.5 Å². The van der Waals surface area contributed by atoms with Gasteiger partial charge in [0.1, 0.15) is 5.56 Å². The number of fused-ring (bicyclic) bond motifs is 1. The second-order valence-corrected chi connectivity index (χ2v) is 10.2. The summed E-state index contributed by atoms with van der Waals surface area (Å²) in [6.07, 6.45) is 4.64. The van der Waals surface area contributed by atoms with E-state index in [4.69, 9.17) is 0 Å². The molecule has 36 heavy (non-hydrogen) atoms. The summed E-state index contributed by atoms with van der Waals surface area (Å²) in [5.74, 6) is -1.19. The van der Waals surface area contributed by atoms with Crippen LogP contribution in [-0.4, -0.2) is 39.5 Å². The molecule has 1 aliphatic heterocycles. The maximum Gasteiger partial charge on any atom is 0.341 e. The number of nitrogens with one attached hydrogen (secondary N) is 1. The quantitative estimate of drug-likeness (QED) is 0.280. The number of nitrogens with zero attached hydrogens (tertiary/aromatic N) is 1. The van der Waals surface area contributed by atoms with E-state index < -0.39 is 11.4 Å². The zero-order chi connectivity index (χ0) is 25.2. The molecule has 0 spiro atoms. The van der Waals surface area contributed by atoms with Gasteiger partial charge in [0.2, 0.25) is 5.43 Å². The minimum Gasteiger partial charge on any atom is -0.477 e. The summed E-state index contributed by atoms with van der Waals surface area (Å²) in [7, 11) is 0. The van der Waals surface area contributed by atoms with E-state index in [1.807, 2.05) is 59.5 Å². The maximum absolute atomic E-state index is 13.3. The minimum atomic E-state index is -1.24. The third-order valence-electron chi connectivity index (χ3n) is 6.92. The highest BCUT2D eigenvalue weighted by Crippen LogP contribution is 2.28. The molecule has 1 aliphatic rings. The van der Waals surface area contributed by atoms with Gasteiger partial charge in [0.25, 0.3) is 5.91 Å². The van der Waals surface area contributed by atoms with Crippen molar-refractivity contribution in [3.63, 3.8) is 0 Å². The molecule has 7 heteroatoms. The number of rotatable bonds is 6. The first-order valence-corrected chi connectivity index (χ1v) is 13.0. The number of carboxylic acid groups (broad SMARTS) is 1. The van der Waals surface area contributed by atoms with E-state index >= 15 is 0 Å². The van der Waals surface area contributed by atoms with Crippen molar-refractivity contribution >= 4 is 45.4 Å². The average molecular weight is 592 g/mol. The number of H-pyrrole nitrogens is 1. The van der Waals surface area contributed by atoms with Crippen molar-refractivity contribution in [3.05, 3.63) is 103 Å². The summed E-state index contributed by atoms with van der Waals surface area (Å²) in [5, 5.41) is 9.73. The topological polar surface area (TPSA) is 90.5 Å². The number of aromatic amines is 1. The second-order valence-electron chi connectivity index (χ2n) is 9.07. The number of aromatic nitrogens is 1. The van der Waals surface area contributed by atoms with Crippen molar-refractivity contribution < 1.29 is 14.7 Å². The standard InChI is InChI=1S/C29H25IN2O4/c30-26-20(13-15-24-25(26)27(33)23(17-31-24)29(35)36)12-14-22-7-4-16-32(22)28(34)21-10-8-19(9-11-21)18-5-2-1-3-6-18/h1-3,5-6,8-11,13,15,17,22H,4,7,12,14,16H2,(H,31,33)(H,35,36). The first kappa shape index (κ1) is 24.2. The molecule has 1 amide bonds. The largest absolute Gasteiger partial charge is 0.477 e. The minimum absolute atomic E-state index is 0.0489. The Labute approximate surface area is 222 Å². The van der Waals surface area contributed by atoms with Gasteiger partial charge >= 0.3 is 5.97 Å². The molecule has 1 aromatic heterocycles. The van der Waals surface area contributed by atoms with E-state index in [9.17, 15) is 19.5 Å². The van der Waals surface area contributed by atoms with Crippen LogP contribution in [0.5, 0.6) is 0 Å². The molecule has 2 heterocycles. The molecule has 2 N–H and O–H groups in total. The lowest BCUT2D eigenvalue weighted by Gasteiger charge is -2.25. The van der Waals surface area contributed by atoms with Crippen molar-refractivity contribution in [3.8, 4) is 11.1 Å². The number of likely N-dealkylation sites (tertiary alicyclic amines) is 1. The summed E-state index contributed by atoms with van der Waals surface area (Å²) in [5.41, 5.74) is 3.77. The number of amides is 1. The van der Waals surface area contributed by atoms with Crippen LogP contribution in [0.15, 0.2) is 77.7 Å². The van der Waals surface area contributed by atoms with Crippen LogP contribution in [0.1, 0.15) is 45.5 Å². The van der Waals surface area contributed by atoms with Gasteiger partial charge in [-0.1, -0.05) is 48.5 Å². The van der Waals surface area contributed by atoms with Gasteiger partial charge in [0.15, 0.2) is 0 Å². The van der Waals surface area contributed by atoms with Crippen molar-refractivity contribution in [2.45, 2.75) is 31.7 Å². The molecule has 1 fully saturated rings. The van der Waals surface area contributed by atoms with E-state index in [1.165, 1.54) is 6.20 Å². The van der Waals surface area contributed by atoms with Crippen molar-refractivity contribution in [2.75, 3.05) is 6.54 Å². The Morgan fingerprint density at radius 2 is 1.72 bits per heavy atom. The van der Waals surface area contributed by atoms with E-state index in [0.29, 0.717) is 22.9 Å². The Morgan fingerprint density at radius 3 is 2.44 bits per heavy atom. The molecular weight excluding hydrogens is 567 g/mol. The lowest BCUT2D eigenvalue weighted by molar-refractivity contribution is 0.0693. The number of hydrogen-bond acceptors (Lipinski definition) is 3.